The standard InChI is InChI=1S/C19H15NO3/c20-19(23)11-6-5-10-8-15-16(9-12(10)7-11)18(22)14-4-2-1-3-13(14)17(15)21/h1-4,8-9,11H,5-7H2,(H2,20,23). The van der Waals surface area contributed by atoms with Gasteiger partial charge in [0.25, 0.3) is 0 Å². The molecule has 0 heterocycles. The van der Waals surface area contributed by atoms with Gasteiger partial charge in [-0.05, 0) is 42.5 Å². The van der Waals surface area contributed by atoms with E-state index in [4.69, 9.17) is 5.73 Å². The molecule has 0 spiro atoms. The van der Waals surface area contributed by atoms with Gasteiger partial charge in [-0.3, -0.25) is 14.4 Å². The molecule has 0 saturated carbocycles. The van der Waals surface area contributed by atoms with Crippen LogP contribution in [-0.4, -0.2) is 17.5 Å². The molecule has 4 heteroatoms. The lowest BCUT2D eigenvalue weighted by Crippen LogP contribution is -2.29. The highest BCUT2D eigenvalue weighted by Crippen LogP contribution is 2.33. The summed E-state index contributed by atoms with van der Waals surface area (Å²) in [6, 6.07) is 10.5. The van der Waals surface area contributed by atoms with Crippen LogP contribution in [0.4, 0.5) is 0 Å². The van der Waals surface area contributed by atoms with Crippen molar-refractivity contribution in [3.05, 3.63) is 69.8 Å². The van der Waals surface area contributed by atoms with E-state index in [1.807, 2.05) is 6.07 Å². The van der Waals surface area contributed by atoms with Gasteiger partial charge in [-0.15, -0.1) is 0 Å². The molecule has 0 aromatic heterocycles. The first-order valence-corrected chi connectivity index (χ1v) is 7.70. The highest BCUT2D eigenvalue weighted by atomic mass is 16.1. The maximum atomic E-state index is 12.7. The molecule has 2 aromatic carbocycles. The van der Waals surface area contributed by atoms with E-state index in [0.717, 1.165) is 11.1 Å². The van der Waals surface area contributed by atoms with Gasteiger partial charge in [-0.25, -0.2) is 0 Å². The molecule has 2 aromatic rings. The van der Waals surface area contributed by atoms with Crippen molar-refractivity contribution in [1.29, 1.82) is 0 Å². The number of carbonyl (C=O) groups is 3. The molecule has 1 unspecified atom stereocenters. The second-order valence-corrected chi connectivity index (χ2v) is 6.21. The average molecular weight is 305 g/mol. The quantitative estimate of drug-likeness (QED) is 0.747. The molecular weight excluding hydrogens is 290 g/mol. The van der Waals surface area contributed by atoms with E-state index >= 15 is 0 Å². The first-order valence-electron chi connectivity index (χ1n) is 7.70. The summed E-state index contributed by atoms with van der Waals surface area (Å²) in [5.74, 6) is -0.724. The Morgan fingerprint density at radius 1 is 0.913 bits per heavy atom. The Morgan fingerprint density at radius 2 is 1.48 bits per heavy atom. The maximum absolute atomic E-state index is 12.7. The summed E-state index contributed by atoms with van der Waals surface area (Å²) < 4.78 is 0. The highest BCUT2D eigenvalue weighted by molar-refractivity contribution is 6.28. The van der Waals surface area contributed by atoms with Crippen LogP contribution < -0.4 is 5.73 Å². The molecular formula is C19H15NO3. The third kappa shape index (κ3) is 2.02. The molecule has 2 aliphatic rings. The van der Waals surface area contributed by atoms with Crippen LogP contribution in [0.15, 0.2) is 36.4 Å². The molecule has 0 bridgehead atoms. The summed E-state index contributed by atoms with van der Waals surface area (Å²) >= 11 is 0. The van der Waals surface area contributed by atoms with Crippen LogP contribution >= 0.6 is 0 Å². The van der Waals surface area contributed by atoms with Gasteiger partial charge < -0.3 is 5.73 Å². The number of amides is 1. The predicted molar refractivity (Wildman–Crippen MR) is 84.5 cm³/mol. The van der Waals surface area contributed by atoms with Gasteiger partial charge in [0.2, 0.25) is 5.91 Å². The summed E-state index contributed by atoms with van der Waals surface area (Å²) in [5.41, 5.74) is 9.25. The van der Waals surface area contributed by atoms with Gasteiger partial charge >= 0.3 is 0 Å². The Kier molecular flexibility index (Phi) is 2.94. The Morgan fingerprint density at radius 3 is 2.04 bits per heavy atom. The van der Waals surface area contributed by atoms with Crippen LogP contribution in [0.25, 0.3) is 0 Å². The molecule has 23 heavy (non-hydrogen) atoms. The molecule has 1 atom stereocenters. The fourth-order valence-electron chi connectivity index (χ4n) is 3.60. The smallest absolute Gasteiger partial charge is 0.220 e. The molecule has 0 radical (unpaired) electrons. The van der Waals surface area contributed by atoms with E-state index in [1.165, 1.54) is 0 Å². The lowest BCUT2D eigenvalue weighted by molar-refractivity contribution is -0.122. The molecule has 1 amide bonds. The van der Waals surface area contributed by atoms with Crippen molar-refractivity contribution in [2.75, 3.05) is 0 Å². The average Bonchev–Trinajstić information content (AvgIpc) is 2.58. The molecule has 4 nitrogen and oxygen atoms in total. The van der Waals surface area contributed by atoms with Gasteiger partial charge in [0, 0.05) is 28.2 Å². The zero-order chi connectivity index (χ0) is 16.1. The van der Waals surface area contributed by atoms with Gasteiger partial charge in [0.15, 0.2) is 11.6 Å². The van der Waals surface area contributed by atoms with Crippen molar-refractivity contribution in [3.8, 4) is 0 Å². The molecule has 2 N–H and O–H groups in total. The van der Waals surface area contributed by atoms with Gasteiger partial charge in [-0.1, -0.05) is 24.3 Å². The van der Waals surface area contributed by atoms with Gasteiger partial charge in [0.1, 0.15) is 0 Å². The van der Waals surface area contributed by atoms with E-state index in [1.54, 1.807) is 30.3 Å². The number of fused-ring (bicyclic) bond motifs is 3. The predicted octanol–water partition coefficient (Wildman–Crippen LogP) is 2.05. The number of primary amides is 1. The van der Waals surface area contributed by atoms with Crippen molar-refractivity contribution in [3.63, 3.8) is 0 Å². The second-order valence-electron chi connectivity index (χ2n) is 6.21. The third-order valence-corrected chi connectivity index (χ3v) is 4.88. The highest BCUT2D eigenvalue weighted by Gasteiger charge is 2.32. The SMILES string of the molecule is NC(=O)C1CCc2cc3c(cc2C1)C(=O)c1ccccc1C3=O. The van der Waals surface area contributed by atoms with Crippen molar-refractivity contribution < 1.29 is 14.4 Å². The molecule has 4 rings (SSSR count). The zero-order valence-electron chi connectivity index (χ0n) is 12.5. The minimum Gasteiger partial charge on any atom is -0.369 e. The van der Waals surface area contributed by atoms with Crippen molar-refractivity contribution in [2.45, 2.75) is 19.3 Å². The van der Waals surface area contributed by atoms with Crippen LogP contribution in [0.5, 0.6) is 0 Å². The zero-order valence-corrected chi connectivity index (χ0v) is 12.5. The largest absolute Gasteiger partial charge is 0.369 e. The van der Waals surface area contributed by atoms with E-state index in [9.17, 15) is 14.4 Å². The topological polar surface area (TPSA) is 77.2 Å². The van der Waals surface area contributed by atoms with Gasteiger partial charge in [-0.2, -0.15) is 0 Å². The van der Waals surface area contributed by atoms with Crippen molar-refractivity contribution in [1.82, 2.24) is 0 Å². The number of benzene rings is 2. The summed E-state index contributed by atoms with van der Waals surface area (Å²) in [6.07, 6.45) is 1.94. The fraction of sp³-hybridized carbons (Fsp3) is 0.211. The molecule has 2 aliphatic carbocycles. The number of hydrogen-bond donors (Lipinski definition) is 1. The summed E-state index contributed by atoms with van der Waals surface area (Å²) in [5, 5.41) is 0. The third-order valence-electron chi connectivity index (χ3n) is 4.88. The number of ketones is 2. The monoisotopic (exact) mass is 305 g/mol. The summed E-state index contributed by atoms with van der Waals surface area (Å²) in [4.78, 5) is 36.8. The fourth-order valence-corrected chi connectivity index (χ4v) is 3.60. The Labute approximate surface area is 133 Å². The maximum Gasteiger partial charge on any atom is 0.220 e. The summed E-state index contributed by atoms with van der Waals surface area (Å²) in [6.45, 7) is 0. The Hall–Kier alpha value is -2.75. The van der Waals surface area contributed by atoms with Crippen LogP contribution in [-0.2, 0) is 17.6 Å². The first-order chi connectivity index (χ1) is 11.1. The number of carbonyl (C=O) groups excluding carboxylic acids is 3. The molecule has 0 fully saturated rings. The van der Waals surface area contributed by atoms with Crippen LogP contribution in [0.2, 0.25) is 0 Å². The lowest BCUT2D eigenvalue weighted by atomic mass is 9.77. The molecule has 0 aliphatic heterocycles. The van der Waals surface area contributed by atoms with Crippen LogP contribution in [0.3, 0.4) is 0 Å². The van der Waals surface area contributed by atoms with Crippen molar-refractivity contribution in [2.24, 2.45) is 11.7 Å². The van der Waals surface area contributed by atoms with E-state index in [2.05, 4.69) is 0 Å². The van der Waals surface area contributed by atoms with E-state index in [-0.39, 0.29) is 23.4 Å². The Balaban J connectivity index is 1.85. The molecule has 0 saturated heterocycles. The van der Waals surface area contributed by atoms with E-state index < -0.39 is 0 Å². The minimum atomic E-state index is -0.305. The Bertz CT molecular complexity index is 882. The lowest BCUT2D eigenvalue weighted by Gasteiger charge is -2.25. The second kappa shape index (κ2) is 4.88. The van der Waals surface area contributed by atoms with Crippen LogP contribution in [0.1, 0.15) is 49.4 Å². The van der Waals surface area contributed by atoms with Crippen LogP contribution in [0, 0.1) is 5.92 Å². The first kappa shape index (κ1) is 13.9. The molecule has 114 valence electrons. The number of aryl methyl sites for hydroxylation is 1. The number of nitrogens with two attached hydrogens (primary N) is 1. The van der Waals surface area contributed by atoms with Crippen molar-refractivity contribution >= 4 is 17.5 Å². The minimum absolute atomic E-state index is 0.102. The van der Waals surface area contributed by atoms with Gasteiger partial charge in [0.05, 0.1) is 0 Å². The normalized spacial score (nSPS) is 18.9. The number of hydrogen-bond acceptors (Lipinski definition) is 3. The summed E-state index contributed by atoms with van der Waals surface area (Å²) in [7, 11) is 0. The number of rotatable bonds is 1. The van der Waals surface area contributed by atoms with E-state index in [0.29, 0.717) is 41.5 Å².